The highest BCUT2D eigenvalue weighted by atomic mass is 16.6. The van der Waals surface area contributed by atoms with Gasteiger partial charge in [0.2, 0.25) is 0 Å². The molecule has 3 heterocycles. The Morgan fingerprint density at radius 1 is 1.20 bits per heavy atom. The molecule has 3 aromatic heterocycles. The summed E-state index contributed by atoms with van der Waals surface area (Å²) in [5, 5.41) is 22.2. The molecular formula is C18H22N10O2. The van der Waals surface area contributed by atoms with Gasteiger partial charge in [-0.2, -0.15) is 0 Å². The number of ether oxygens (including phenoxy) is 1. The van der Waals surface area contributed by atoms with Crippen LogP contribution >= 0.6 is 0 Å². The van der Waals surface area contributed by atoms with Crippen molar-refractivity contribution < 1.29 is 9.53 Å². The second-order valence-electron chi connectivity index (χ2n) is 6.92. The fourth-order valence-electron chi connectivity index (χ4n) is 3.33. The van der Waals surface area contributed by atoms with Crippen LogP contribution < -0.4 is 26.8 Å². The van der Waals surface area contributed by atoms with Gasteiger partial charge >= 0.3 is 6.09 Å². The number of hydrogen-bond acceptors (Lipinski definition) is 10. The maximum atomic E-state index is 11.3. The summed E-state index contributed by atoms with van der Waals surface area (Å²) in [5.74, 6) is 1.48. The summed E-state index contributed by atoms with van der Waals surface area (Å²) in [4.78, 5) is 15.7. The summed E-state index contributed by atoms with van der Waals surface area (Å²) in [5.41, 5.74) is 11.7. The molecule has 1 fully saturated rings. The van der Waals surface area contributed by atoms with Gasteiger partial charge in [0.15, 0.2) is 11.6 Å². The van der Waals surface area contributed by atoms with Crippen molar-refractivity contribution in [3.05, 3.63) is 36.7 Å². The van der Waals surface area contributed by atoms with Crippen LogP contribution in [0.2, 0.25) is 0 Å². The molecule has 0 bridgehead atoms. The third kappa shape index (κ3) is 4.60. The molecular weight excluding hydrogens is 388 g/mol. The van der Waals surface area contributed by atoms with Gasteiger partial charge in [-0.15, -0.1) is 15.3 Å². The lowest BCUT2D eigenvalue weighted by Gasteiger charge is -2.29. The minimum absolute atomic E-state index is 0.0412. The molecule has 0 unspecified atom stereocenters. The molecule has 0 spiro atoms. The van der Waals surface area contributed by atoms with E-state index in [1.807, 2.05) is 0 Å². The first-order chi connectivity index (χ1) is 14.6. The van der Waals surface area contributed by atoms with Crippen LogP contribution in [0.1, 0.15) is 25.7 Å². The number of nitrogens with two attached hydrogens (primary N) is 2. The molecule has 6 N–H and O–H groups in total. The molecule has 1 aliphatic rings. The quantitative estimate of drug-likeness (QED) is 0.464. The lowest BCUT2D eigenvalue weighted by molar-refractivity contribution is 0.209. The monoisotopic (exact) mass is 410 g/mol. The van der Waals surface area contributed by atoms with E-state index >= 15 is 0 Å². The van der Waals surface area contributed by atoms with Crippen LogP contribution in [0.4, 0.5) is 22.1 Å². The number of primary amides is 1. The zero-order valence-corrected chi connectivity index (χ0v) is 16.1. The first-order valence-corrected chi connectivity index (χ1v) is 9.56. The van der Waals surface area contributed by atoms with Crippen molar-refractivity contribution in [1.82, 2.24) is 30.2 Å². The van der Waals surface area contributed by atoms with Gasteiger partial charge < -0.3 is 26.8 Å². The van der Waals surface area contributed by atoms with Crippen LogP contribution in [0.3, 0.4) is 0 Å². The second kappa shape index (κ2) is 8.69. The van der Waals surface area contributed by atoms with Crippen molar-refractivity contribution >= 4 is 23.4 Å². The van der Waals surface area contributed by atoms with Gasteiger partial charge in [-0.3, -0.25) is 0 Å². The van der Waals surface area contributed by atoms with Gasteiger partial charge in [0.25, 0.3) is 5.88 Å². The number of pyridine rings is 1. The molecule has 0 saturated heterocycles. The Morgan fingerprint density at radius 3 is 2.83 bits per heavy atom. The van der Waals surface area contributed by atoms with Crippen molar-refractivity contribution in [3.63, 3.8) is 0 Å². The van der Waals surface area contributed by atoms with Gasteiger partial charge in [-0.1, -0.05) is 24.1 Å². The summed E-state index contributed by atoms with van der Waals surface area (Å²) in [6, 6.07) is 7.14. The minimum Gasteiger partial charge on any atom is -0.387 e. The van der Waals surface area contributed by atoms with Crippen molar-refractivity contribution in [2.45, 2.75) is 37.8 Å². The van der Waals surface area contributed by atoms with E-state index in [4.69, 9.17) is 16.2 Å². The summed E-state index contributed by atoms with van der Waals surface area (Å²) in [6.07, 6.45) is 6.37. The molecule has 12 heteroatoms. The number of nitrogens with one attached hydrogen (secondary N) is 2. The van der Waals surface area contributed by atoms with E-state index in [-0.39, 0.29) is 18.0 Å². The fourth-order valence-corrected chi connectivity index (χ4v) is 3.33. The Kier molecular flexibility index (Phi) is 5.66. The Hall–Kier alpha value is -3.80. The van der Waals surface area contributed by atoms with Crippen molar-refractivity contribution in [1.29, 1.82) is 0 Å². The minimum atomic E-state index is -0.994. The van der Waals surface area contributed by atoms with E-state index < -0.39 is 6.09 Å². The topological polar surface area (TPSA) is 172 Å². The predicted octanol–water partition coefficient (Wildman–Crippen LogP) is 1.34. The molecule has 12 nitrogen and oxygen atoms in total. The zero-order valence-electron chi connectivity index (χ0n) is 16.1. The first-order valence-electron chi connectivity index (χ1n) is 9.56. The SMILES string of the molecule is NC(=O)Oc1nnc(N[C@H]2CCCC[C@H]2N)cc1Nc1cccc(-n2ccnn2)n1. The van der Waals surface area contributed by atoms with E-state index in [1.54, 1.807) is 36.7 Å². The Labute approximate surface area is 172 Å². The van der Waals surface area contributed by atoms with Crippen LogP contribution in [0.15, 0.2) is 36.7 Å². The summed E-state index contributed by atoms with van der Waals surface area (Å²) in [7, 11) is 0. The van der Waals surface area contributed by atoms with Crippen LogP contribution in [-0.2, 0) is 0 Å². The van der Waals surface area contributed by atoms with Crippen molar-refractivity contribution in [2.75, 3.05) is 10.6 Å². The van der Waals surface area contributed by atoms with E-state index in [1.165, 1.54) is 4.68 Å². The third-order valence-electron chi connectivity index (χ3n) is 4.76. The van der Waals surface area contributed by atoms with Gasteiger partial charge in [0.1, 0.15) is 11.5 Å². The molecule has 0 aromatic carbocycles. The average molecular weight is 410 g/mol. The molecule has 1 amide bonds. The average Bonchev–Trinajstić information content (AvgIpc) is 3.27. The highest BCUT2D eigenvalue weighted by Crippen LogP contribution is 2.28. The van der Waals surface area contributed by atoms with E-state index in [9.17, 15) is 4.79 Å². The number of rotatable bonds is 6. The number of amides is 1. The Morgan fingerprint density at radius 2 is 2.07 bits per heavy atom. The Bertz CT molecular complexity index is 1010. The number of carbonyl (C=O) groups excluding carboxylic acids is 1. The lowest BCUT2D eigenvalue weighted by atomic mass is 9.91. The number of aromatic nitrogens is 6. The number of anilines is 3. The summed E-state index contributed by atoms with van der Waals surface area (Å²) < 4.78 is 6.50. The summed E-state index contributed by atoms with van der Waals surface area (Å²) >= 11 is 0. The number of hydrogen-bond donors (Lipinski definition) is 4. The first kappa shape index (κ1) is 19.5. The van der Waals surface area contributed by atoms with E-state index in [0.29, 0.717) is 23.1 Å². The maximum Gasteiger partial charge on any atom is 0.411 e. The number of nitrogens with zero attached hydrogens (tertiary/aromatic N) is 6. The lowest BCUT2D eigenvalue weighted by Crippen LogP contribution is -2.42. The van der Waals surface area contributed by atoms with E-state index in [0.717, 1.165) is 25.7 Å². The normalized spacial score (nSPS) is 18.6. The third-order valence-corrected chi connectivity index (χ3v) is 4.76. The van der Waals surface area contributed by atoms with Gasteiger partial charge in [0, 0.05) is 18.2 Å². The van der Waals surface area contributed by atoms with Crippen LogP contribution in [0, 0.1) is 0 Å². The summed E-state index contributed by atoms with van der Waals surface area (Å²) in [6.45, 7) is 0. The molecule has 4 rings (SSSR count). The zero-order chi connectivity index (χ0) is 20.9. The molecule has 1 aliphatic carbocycles. The second-order valence-corrected chi connectivity index (χ2v) is 6.92. The fraction of sp³-hybridized carbons (Fsp3) is 0.333. The highest BCUT2D eigenvalue weighted by Gasteiger charge is 2.23. The standard InChI is InChI=1S/C18H22N10O2/c19-11-4-1-2-5-12(11)22-15-10-13(17(26-25-15)30-18(20)29)23-14-6-3-7-16(24-14)28-9-8-21-27-28/h3,6-12H,1-2,4-5,19H2,(H2,20,29)(H2,22,23,24,25)/t11-,12+/m1/s1. The molecule has 3 aromatic rings. The van der Waals surface area contributed by atoms with Crippen LogP contribution in [0.5, 0.6) is 5.88 Å². The van der Waals surface area contributed by atoms with E-state index in [2.05, 4.69) is 36.1 Å². The Balaban J connectivity index is 1.59. The van der Waals surface area contributed by atoms with Crippen molar-refractivity contribution in [3.8, 4) is 11.7 Å². The van der Waals surface area contributed by atoms with Gasteiger partial charge in [-0.25, -0.2) is 14.5 Å². The smallest absolute Gasteiger partial charge is 0.387 e. The largest absolute Gasteiger partial charge is 0.411 e. The molecule has 0 aliphatic heterocycles. The van der Waals surface area contributed by atoms with Crippen LogP contribution in [0.25, 0.3) is 5.82 Å². The van der Waals surface area contributed by atoms with Crippen LogP contribution in [-0.4, -0.2) is 48.4 Å². The predicted molar refractivity (Wildman–Crippen MR) is 109 cm³/mol. The molecule has 2 atom stereocenters. The molecule has 156 valence electrons. The molecule has 0 radical (unpaired) electrons. The highest BCUT2D eigenvalue weighted by molar-refractivity contribution is 5.73. The molecule has 1 saturated carbocycles. The number of carbonyl (C=O) groups is 1. The maximum absolute atomic E-state index is 11.3. The van der Waals surface area contributed by atoms with Gasteiger partial charge in [0.05, 0.1) is 12.4 Å². The van der Waals surface area contributed by atoms with Gasteiger partial charge in [-0.05, 0) is 25.0 Å². The van der Waals surface area contributed by atoms with Crippen molar-refractivity contribution in [2.24, 2.45) is 11.5 Å². The molecule has 30 heavy (non-hydrogen) atoms.